The lowest BCUT2D eigenvalue weighted by Crippen LogP contribution is -2.51. The maximum Gasteiger partial charge on any atom is 0.220 e. The van der Waals surface area contributed by atoms with E-state index in [1.807, 2.05) is 25.1 Å². The predicted octanol–water partition coefficient (Wildman–Crippen LogP) is 1.81. The van der Waals surface area contributed by atoms with Gasteiger partial charge in [-0.05, 0) is 25.5 Å². The quantitative estimate of drug-likeness (QED) is 0.578. The lowest BCUT2D eigenvalue weighted by Gasteiger charge is -2.25. The Labute approximate surface area is 141 Å². The molecule has 1 fully saturated rings. The second-order valence-electron chi connectivity index (χ2n) is 5.95. The number of nitrogens with zero attached hydrogens (tertiary/aromatic N) is 1. The average molecular weight is 328 g/mol. The summed E-state index contributed by atoms with van der Waals surface area (Å²) in [5.41, 5.74) is 0.916. The summed E-state index contributed by atoms with van der Waals surface area (Å²) in [6.07, 6.45) is 2.16. The SMILES string of the molecule is CCNC(=NCCc1cc2ccccc2o1)NC1CCC(=O)NC1. The molecule has 1 unspecified atom stereocenters. The molecule has 2 aromatic rings. The smallest absolute Gasteiger partial charge is 0.220 e. The Hall–Kier alpha value is -2.50. The van der Waals surface area contributed by atoms with Crippen molar-refractivity contribution in [1.29, 1.82) is 0 Å². The van der Waals surface area contributed by atoms with Gasteiger partial charge in [-0.3, -0.25) is 9.79 Å². The number of furan rings is 1. The molecule has 0 bridgehead atoms. The molecule has 6 nitrogen and oxygen atoms in total. The standard InChI is InChI=1S/C18H24N4O2/c1-2-19-18(22-14-7-8-17(23)21-12-14)20-10-9-15-11-13-5-3-4-6-16(13)24-15/h3-6,11,14H,2,7-10,12H2,1H3,(H,21,23)(H2,19,20,22). The number of hydrogen-bond donors (Lipinski definition) is 3. The van der Waals surface area contributed by atoms with Crippen molar-refractivity contribution in [3.63, 3.8) is 0 Å². The molecule has 1 atom stereocenters. The van der Waals surface area contributed by atoms with E-state index in [0.717, 1.165) is 42.1 Å². The minimum absolute atomic E-state index is 0.125. The van der Waals surface area contributed by atoms with Crippen molar-refractivity contribution < 1.29 is 9.21 Å². The molecular weight excluding hydrogens is 304 g/mol. The van der Waals surface area contributed by atoms with Gasteiger partial charge in [-0.25, -0.2) is 0 Å². The van der Waals surface area contributed by atoms with Crippen molar-refractivity contribution in [2.24, 2.45) is 4.99 Å². The fourth-order valence-electron chi connectivity index (χ4n) is 2.81. The normalized spacial score (nSPS) is 18.5. The van der Waals surface area contributed by atoms with Crippen molar-refractivity contribution >= 4 is 22.8 Å². The predicted molar refractivity (Wildman–Crippen MR) is 95.1 cm³/mol. The van der Waals surface area contributed by atoms with Gasteiger partial charge in [0.2, 0.25) is 5.91 Å². The molecule has 1 aromatic heterocycles. The summed E-state index contributed by atoms with van der Waals surface area (Å²) in [6, 6.07) is 10.3. The van der Waals surface area contributed by atoms with Gasteiger partial charge >= 0.3 is 0 Å². The zero-order valence-corrected chi connectivity index (χ0v) is 14.0. The molecule has 1 aliphatic heterocycles. The lowest BCUT2D eigenvalue weighted by atomic mass is 10.1. The minimum atomic E-state index is 0.125. The molecule has 1 aromatic carbocycles. The number of benzene rings is 1. The highest BCUT2D eigenvalue weighted by Gasteiger charge is 2.18. The number of aliphatic imine (C=N–C) groups is 1. The highest BCUT2D eigenvalue weighted by molar-refractivity contribution is 5.81. The van der Waals surface area contributed by atoms with Gasteiger partial charge in [0.1, 0.15) is 11.3 Å². The summed E-state index contributed by atoms with van der Waals surface area (Å²) in [5, 5.41) is 10.6. The topological polar surface area (TPSA) is 78.7 Å². The first-order valence-corrected chi connectivity index (χ1v) is 8.53. The second-order valence-corrected chi connectivity index (χ2v) is 5.95. The highest BCUT2D eigenvalue weighted by Crippen LogP contribution is 2.18. The maximum absolute atomic E-state index is 11.2. The van der Waals surface area contributed by atoms with Crippen molar-refractivity contribution in [3.05, 3.63) is 36.1 Å². The molecule has 3 N–H and O–H groups in total. The Morgan fingerprint density at radius 1 is 1.42 bits per heavy atom. The second kappa shape index (κ2) is 7.86. The van der Waals surface area contributed by atoms with Crippen LogP contribution in [0.25, 0.3) is 11.0 Å². The van der Waals surface area contributed by atoms with Crippen molar-refractivity contribution in [3.8, 4) is 0 Å². The van der Waals surface area contributed by atoms with Crippen LogP contribution in [-0.4, -0.2) is 37.5 Å². The Morgan fingerprint density at radius 3 is 3.04 bits per heavy atom. The molecule has 2 heterocycles. The van der Waals surface area contributed by atoms with Crippen LogP contribution < -0.4 is 16.0 Å². The van der Waals surface area contributed by atoms with Crippen LogP contribution in [0.1, 0.15) is 25.5 Å². The Balaban J connectivity index is 1.55. The summed E-state index contributed by atoms with van der Waals surface area (Å²) >= 11 is 0. The van der Waals surface area contributed by atoms with Crippen LogP contribution in [-0.2, 0) is 11.2 Å². The zero-order valence-electron chi connectivity index (χ0n) is 14.0. The minimum Gasteiger partial charge on any atom is -0.461 e. The van der Waals surface area contributed by atoms with E-state index in [1.54, 1.807) is 0 Å². The van der Waals surface area contributed by atoms with Crippen LogP contribution in [0.2, 0.25) is 0 Å². The fourth-order valence-corrected chi connectivity index (χ4v) is 2.81. The average Bonchev–Trinajstić information content (AvgIpc) is 3.00. The summed E-state index contributed by atoms with van der Waals surface area (Å²) in [5.74, 6) is 1.86. The van der Waals surface area contributed by atoms with E-state index in [4.69, 9.17) is 4.42 Å². The Morgan fingerprint density at radius 2 is 2.29 bits per heavy atom. The van der Waals surface area contributed by atoms with Crippen LogP contribution in [0.4, 0.5) is 0 Å². The number of para-hydroxylation sites is 1. The van der Waals surface area contributed by atoms with Crippen LogP contribution in [0, 0.1) is 0 Å². The molecule has 128 valence electrons. The monoisotopic (exact) mass is 328 g/mol. The molecule has 0 spiro atoms. The van der Waals surface area contributed by atoms with Gasteiger partial charge < -0.3 is 20.4 Å². The van der Waals surface area contributed by atoms with Gasteiger partial charge in [-0.1, -0.05) is 18.2 Å². The molecule has 24 heavy (non-hydrogen) atoms. The van der Waals surface area contributed by atoms with E-state index in [1.165, 1.54) is 0 Å². The lowest BCUT2D eigenvalue weighted by molar-refractivity contribution is -0.122. The van der Waals surface area contributed by atoms with E-state index in [2.05, 4.69) is 33.1 Å². The van der Waals surface area contributed by atoms with Gasteiger partial charge in [0.25, 0.3) is 0 Å². The molecule has 1 saturated heterocycles. The maximum atomic E-state index is 11.2. The van der Waals surface area contributed by atoms with E-state index in [9.17, 15) is 4.79 Å². The van der Waals surface area contributed by atoms with Crippen molar-refractivity contribution in [2.45, 2.75) is 32.2 Å². The molecule has 1 aliphatic rings. The molecule has 0 aliphatic carbocycles. The van der Waals surface area contributed by atoms with Crippen molar-refractivity contribution in [2.75, 3.05) is 19.6 Å². The molecule has 0 saturated carbocycles. The summed E-state index contributed by atoms with van der Waals surface area (Å²) in [7, 11) is 0. The highest BCUT2D eigenvalue weighted by atomic mass is 16.3. The number of rotatable bonds is 5. The van der Waals surface area contributed by atoms with Crippen LogP contribution >= 0.6 is 0 Å². The van der Waals surface area contributed by atoms with E-state index < -0.39 is 0 Å². The van der Waals surface area contributed by atoms with Gasteiger partial charge in [0, 0.05) is 43.9 Å². The number of fused-ring (bicyclic) bond motifs is 1. The number of carbonyl (C=O) groups excluding carboxylic acids is 1. The first-order chi connectivity index (χ1) is 11.7. The number of hydrogen-bond acceptors (Lipinski definition) is 3. The third kappa shape index (κ3) is 4.28. The summed E-state index contributed by atoms with van der Waals surface area (Å²) in [4.78, 5) is 15.8. The Kier molecular flexibility index (Phi) is 5.36. The largest absolute Gasteiger partial charge is 0.461 e. The molecule has 6 heteroatoms. The van der Waals surface area contributed by atoms with Gasteiger partial charge in [-0.15, -0.1) is 0 Å². The third-order valence-electron chi connectivity index (χ3n) is 4.06. The molecule has 1 amide bonds. The molecular formula is C18H24N4O2. The number of guanidine groups is 1. The number of piperidine rings is 1. The van der Waals surface area contributed by atoms with E-state index in [-0.39, 0.29) is 11.9 Å². The van der Waals surface area contributed by atoms with E-state index >= 15 is 0 Å². The zero-order chi connectivity index (χ0) is 16.8. The summed E-state index contributed by atoms with van der Waals surface area (Å²) in [6.45, 7) is 4.13. The first-order valence-electron chi connectivity index (χ1n) is 8.53. The van der Waals surface area contributed by atoms with Crippen molar-refractivity contribution in [1.82, 2.24) is 16.0 Å². The van der Waals surface area contributed by atoms with Crippen LogP contribution in [0.5, 0.6) is 0 Å². The van der Waals surface area contributed by atoms with E-state index in [0.29, 0.717) is 19.5 Å². The Bertz CT molecular complexity index is 680. The number of nitrogens with one attached hydrogen (secondary N) is 3. The van der Waals surface area contributed by atoms with Crippen LogP contribution in [0.15, 0.2) is 39.7 Å². The number of carbonyl (C=O) groups is 1. The van der Waals surface area contributed by atoms with Gasteiger partial charge in [-0.2, -0.15) is 0 Å². The molecule has 3 rings (SSSR count). The van der Waals surface area contributed by atoms with Gasteiger partial charge in [0.15, 0.2) is 5.96 Å². The first kappa shape index (κ1) is 16.4. The van der Waals surface area contributed by atoms with Crippen LogP contribution in [0.3, 0.4) is 0 Å². The summed E-state index contributed by atoms with van der Waals surface area (Å²) < 4.78 is 5.81. The molecule has 0 radical (unpaired) electrons. The van der Waals surface area contributed by atoms with Gasteiger partial charge in [0.05, 0.1) is 0 Å². The fraction of sp³-hybridized carbons (Fsp3) is 0.444. The third-order valence-corrected chi connectivity index (χ3v) is 4.06. The number of amides is 1.